The quantitative estimate of drug-likeness (QED) is 0.272. The van der Waals surface area contributed by atoms with Crippen LogP contribution in [0.15, 0.2) is 60.7 Å². The van der Waals surface area contributed by atoms with E-state index in [4.69, 9.17) is 4.74 Å². The molecule has 4 fully saturated rings. The van der Waals surface area contributed by atoms with Crippen molar-refractivity contribution in [3.05, 3.63) is 77.4 Å². The number of hydrogen-bond acceptors (Lipinski definition) is 3. The monoisotopic (exact) mass is 615 g/mol. The van der Waals surface area contributed by atoms with E-state index in [1.54, 1.807) is 24.3 Å². The molecule has 5 nitrogen and oxygen atoms in total. The molecule has 210 valence electrons. The van der Waals surface area contributed by atoms with Crippen molar-refractivity contribution < 1.29 is 32.6 Å². The minimum atomic E-state index is -4.44. The van der Waals surface area contributed by atoms with E-state index in [1.807, 2.05) is 12.1 Å². The van der Waals surface area contributed by atoms with Crippen LogP contribution in [0.25, 0.3) is 10.8 Å². The van der Waals surface area contributed by atoms with E-state index in [0.29, 0.717) is 29.2 Å². The summed E-state index contributed by atoms with van der Waals surface area (Å²) in [6, 6.07) is 14.4. The van der Waals surface area contributed by atoms with Gasteiger partial charge in [0.25, 0.3) is 5.91 Å². The number of hydrogen-bond donors (Lipinski definition) is 2. The SMILES string of the molecule is O=C(NC(C(=O)O)C12CC3CC(CC(Br)(C3)C1)C2)c1ccc2ccccc2c1OCc1ccc(C(F)(F)F)cc1. The third-order valence-electron chi connectivity index (χ3n) is 8.96. The first-order valence-corrected chi connectivity index (χ1v) is 14.3. The number of carbonyl (C=O) groups excluding carboxylic acids is 1. The molecule has 1 amide bonds. The minimum absolute atomic E-state index is 0.0613. The van der Waals surface area contributed by atoms with E-state index >= 15 is 0 Å². The standard InChI is InChI=1S/C31H29BrF3NO4/c32-30-14-19-11-20(15-30)13-29(12-19,17-30)26(28(38)39)36-27(37)24-10-7-21-3-1-2-4-23(21)25(24)40-16-18-5-8-22(9-6-18)31(33,34)35/h1-10,19-20,26H,11-17H2,(H,36,37)(H,38,39). The molecule has 4 saturated carbocycles. The number of carbonyl (C=O) groups is 2. The van der Waals surface area contributed by atoms with Gasteiger partial charge in [-0.05, 0) is 79.5 Å². The average molecular weight is 616 g/mol. The summed E-state index contributed by atoms with van der Waals surface area (Å²) in [6.45, 7) is -0.0613. The van der Waals surface area contributed by atoms with Crippen molar-refractivity contribution in [3.8, 4) is 5.75 Å². The Morgan fingerprint density at radius 2 is 1.68 bits per heavy atom. The van der Waals surface area contributed by atoms with Gasteiger partial charge in [0, 0.05) is 15.1 Å². The van der Waals surface area contributed by atoms with Crippen LogP contribution in [0.5, 0.6) is 5.75 Å². The lowest BCUT2D eigenvalue weighted by molar-refractivity contribution is -0.149. The fourth-order valence-electron chi connectivity index (χ4n) is 7.77. The molecule has 40 heavy (non-hydrogen) atoms. The topological polar surface area (TPSA) is 75.6 Å². The molecule has 0 saturated heterocycles. The van der Waals surface area contributed by atoms with Crippen LogP contribution >= 0.6 is 15.9 Å². The van der Waals surface area contributed by atoms with Gasteiger partial charge in [0.05, 0.1) is 11.1 Å². The van der Waals surface area contributed by atoms with Crippen molar-refractivity contribution >= 4 is 38.6 Å². The fraction of sp³-hybridized carbons (Fsp3) is 0.419. The highest BCUT2D eigenvalue weighted by molar-refractivity contribution is 9.10. The fourth-order valence-corrected chi connectivity index (χ4v) is 9.24. The first-order valence-electron chi connectivity index (χ1n) is 13.5. The number of alkyl halides is 4. The second-order valence-electron chi connectivity index (χ2n) is 11.9. The molecule has 0 aliphatic heterocycles. The average Bonchev–Trinajstić information content (AvgIpc) is 2.88. The predicted molar refractivity (Wildman–Crippen MR) is 147 cm³/mol. The zero-order valence-electron chi connectivity index (χ0n) is 21.6. The number of fused-ring (bicyclic) bond motifs is 1. The molecule has 4 aliphatic carbocycles. The van der Waals surface area contributed by atoms with E-state index in [2.05, 4.69) is 21.2 Å². The smallest absolute Gasteiger partial charge is 0.416 e. The Kier molecular flexibility index (Phi) is 6.63. The van der Waals surface area contributed by atoms with Crippen LogP contribution in [0.3, 0.4) is 0 Å². The molecular formula is C31H29BrF3NO4. The number of carboxylic acid groups (broad SMARTS) is 1. The van der Waals surface area contributed by atoms with Gasteiger partial charge in [-0.3, -0.25) is 4.79 Å². The third-order valence-corrected chi connectivity index (χ3v) is 9.89. The van der Waals surface area contributed by atoms with Crippen molar-refractivity contribution in [1.82, 2.24) is 5.32 Å². The summed E-state index contributed by atoms with van der Waals surface area (Å²) in [5.41, 5.74) is -0.578. The summed E-state index contributed by atoms with van der Waals surface area (Å²) >= 11 is 3.93. The summed E-state index contributed by atoms with van der Waals surface area (Å²) in [5, 5.41) is 14.7. The van der Waals surface area contributed by atoms with Gasteiger partial charge in [0.2, 0.25) is 0 Å². The molecule has 4 bridgehead atoms. The zero-order valence-corrected chi connectivity index (χ0v) is 23.2. The Hall–Kier alpha value is -3.07. The van der Waals surface area contributed by atoms with Crippen LogP contribution in [0, 0.1) is 17.3 Å². The van der Waals surface area contributed by atoms with E-state index < -0.39 is 35.1 Å². The lowest BCUT2D eigenvalue weighted by atomic mass is 9.47. The molecule has 2 N–H and O–H groups in total. The molecule has 4 aliphatic rings. The predicted octanol–water partition coefficient (Wildman–Crippen LogP) is 7.35. The number of halogens is 4. The van der Waals surface area contributed by atoms with Gasteiger partial charge in [-0.1, -0.05) is 58.4 Å². The number of amides is 1. The van der Waals surface area contributed by atoms with Gasteiger partial charge in [-0.2, -0.15) is 13.2 Å². The van der Waals surface area contributed by atoms with Crippen LogP contribution in [-0.2, 0) is 17.6 Å². The Labute approximate surface area is 238 Å². The molecule has 9 heteroatoms. The number of aliphatic carboxylic acids is 1. The number of ether oxygens (including phenoxy) is 1. The van der Waals surface area contributed by atoms with Gasteiger partial charge in [0.15, 0.2) is 0 Å². The van der Waals surface area contributed by atoms with Crippen molar-refractivity contribution in [1.29, 1.82) is 0 Å². The first kappa shape index (κ1) is 27.1. The molecule has 7 rings (SSSR count). The Morgan fingerprint density at radius 3 is 2.30 bits per heavy atom. The molecule has 0 radical (unpaired) electrons. The van der Waals surface area contributed by atoms with Crippen molar-refractivity contribution in [3.63, 3.8) is 0 Å². The van der Waals surface area contributed by atoms with Crippen LogP contribution in [0.4, 0.5) is 13.2 Å². The van der Waals surface area contributed by atoms with E-state index in [1.165, 1.54) is 12.1 Å². The molecule has 3 aromatic carbocycles. The molecule has 0 heterocycles. The zero-order chi connectivity index (χ0) is 28.3. The molecular weight excluding hydrogens is 587 g/mol. The largest absolute Gasteiger partial charge is 0.487 e. The summed E-state index contributed by atoms with van der Waals surface area (Å²) in [6.07, 6.45) is 1.02. The molecule has 0 spiro atoms. The van der Waals surface area contributed by atoms with E-state index in [0.717, 1.165) is 49.6 Å². The summed E-state index contributed by atoms with van der Waals surface area (Å²) in [5.74, 6) is -0.424. The lowest BCUT2D eigenvalue weighted by Crippen LogP contribution is -2.63. The second-order valence-corrected chi connectivity index (χ2v) is 13.5. The van der Waals surface area contributed by atoms with Gasteiger partial charge >= 0.3 is 12.1 Å². The van der Waals surface area contributed by atoms with Crippen LogP contribution < -0.4 is 10.1 Å². The lowest BCUT2D eigenvalue weighted by Gasteiger charge is -2.61. The normalized spacial score (nSPS) is 27.9. The van der Waals surface area contributed by atoms with Crippen LogP contribution in [-0.4, -0.2) is 27.3 Å². The Balaban J connectivity index is 1.29. The van der Waals surface area contributed by atoms with Gasteiger partial charge in [-0.15, -0.1) is 0 Å². The second kappa shape index (κ2) is 9.79. The highest BCUT2D eigenvalue weighted by atomic mass is 79.9. The summed E-state index contributed by atoms with van der Waals surface area (Å²) in [4.78, 5) is 26.4. The van der Waals surface area contributed by atoms with E-state index in [-0.39, 0.29) is 22.2 Å². The Morgan fingerprint density at radius 1 is 1.00 bits per heavy atom. The maximum absolute atomic E-state index is 13.8. The number of carboxylic acids is 1. The van der Waals surface area contributed by atoms with Crippen LogP contribution in [0.2, 0.25) is 0 Å². The van der Waals surface area contributed by atoms with E-state index in [9.17, 15) is 27.9 Å². The highest BCUT2D eigenvalue weighted by Crippen LogP contribution is 2.65. The molecule has 3 aromatic rings. The molecule has 3 unspecified atom stereocenters. The first-order chi connectivity index (χ1) is 18.9. The summed E-state index contributed by atoms with van der Waals surface area (Å²) in [7, 11) is 0. The molecule has 0 aromatic heterocycles. The van der Waals surface area contributed by atoms with Gasteiger partial charge in [-0.25, -0.2) is 4.79 Å². The van der Waals surface area contributed by atoms with Crippen molar-refractivity contribution in [2.24, 2.45) is 17.3 Å². The molecule has 3 atom stereocenters. The summed E-state index contributed by atoms with van der Waals surface area (Å²) < 4.78 is 45.0. The minimum Gasteiger partial charge on any atom is -0.487 e. The highest BCUT2D eigenvalue weighted by Gasteiger charge is 2.61. The van der Waals surface area contributed by atoms with Crippen molar-refractivity contribution in [2.75, 3.05) is 0 Å². The third kappa shape index (κ3) is 4.97. The number of benzene rings is 3. The Bertz CT molecular complexity index is 1460. The maximum Gasteiger partial charge on any atom is 0.416 e. The van der Waals surface area contributed by atoms with Gasteiger partial charge in [0.1, 0.15) is 18.4 Å². The van der Waals surface area contributed by atoms with Gasteiger partial charge < -0.3 is 15.2 Å². The number of nitrogens with one attached hydrogen (secondary N) is 1. The van der Waals surface area contributed by atoms with Crippen LogP contribution in [0.1, 0.15) is 60.0 Å². The van der Waals surface area contributed by atoms with Crippen molar-refractivity contribution in [2.45, 2.75) is 61.7 Å². The number of rotatable bonds is 7. The maximum atomic E-state index is 13.8.